The Hall–Kier alpha value is -3.05. The Balaban J connectivity index is 1.36. The van der Waals surface area contributed by atoms with E-state index in [0.29, 0.717) is 18.9 Å². The molecule has 5 nitrogen and oxygen atoms in total. The molecule has 2 heterocycles. The van der Waals surface area contributed by atoms with Crippen LogP contribution in [0.3, 0.4) is 0 Å². The van der Waals surface area contributed by atoms with Crippen molar-refractivity contribution in [1.29, 1.82) is 0 Å². The fraction of sp³-hybridized carbons (Fsp3) is 0.320. The summed E-state index contributed by atoms with van der Waals surface area (Å²) in [6.07, 6.45) is 2.52. The van der Waals surface area contributed by atoms with Gasteiger partial charge in [0.2, 0.25) is 0 Å². The molecule has 30 heavy (non-hydrogen) atoms. The molecule has 0 saturated carbocycles. The number of carbonyl (C=O) groups is 1. The molecule has 0 N–H and O–H groups in total. The maximum Gasteiger partial charge on any atom is 0.290 e. The summed E-state index contributed by atoms with van der Waals surface area (Å²) in [6, 6.07) is 19.9. The summed E-state index contributed by atoms with van der Waals surface area (Å²) in [5.41, 5.74) is 3.45. The lowest BCUT2D eigenvalue weighted by Crippen LogP contribution is -2.35. The third kappa shape index (κ3) is 4.92. The van der Waals surface area contributed by atoms with Gasteiger partial charge in [-0.1, -0.05) is 42.5 Å². The maximum absolute atomic E-state index is 13.1. The monoisotopic (exact) mass is 404 g/mol. The lowest BCUT2D eigenvalue weighted by Gasteiger charge is -2.22. The van der Waals surface area contributed by atoms with Gasteiger partial charge in [0.15, 0.2) is 5.76 Å². The zero-order valence-electron chi connectivity index (χ0n) is 17.4. The van der Waals surface area contributed by atoms with Gasteiger partial charge in [0.05, 0.1) is 6.26 Å². The Labute approximate surface area is 177 Å². The molecule has 0 spiro atoms. The molecule has 0 unspecified atom stereocenters. The van der Waals surface area contributed by atoms with Gasteiger partial charge in [-0.2, -0.15) is 0 Å². The number of benzene rings is 2. The molecule has 156 valence electrons. The quantitative estimate of drug-likeness (QED) is 0.606. The summed E-state index contributed by atoms with van der Waals surface area (Å²) in [5, 5.41) is 0. The first-order chi connectivity index (χ1) is 14.7. The fourth-order valence-corrected chi connectivity index (χ4v) is 3.82. The fourth-order valence-electron chi connectivity index (χ4n) is 3.82. The Kier molecular flexibility index (Phi) is 6.50. The standard InChI is InChI=1S/C25H28N2O3/c1-20-8-5-6-9-21(20)18-26-13-7-14-27(16-15-26)25(28)24-22(12-17-29-24)19-30-23-10-3-2-4-11-23/h2-6,8-12,17H,7,13-16,18-19H2,1H3. The molecule has 1 amide bonds. The number of amides is 1. The number of para-hydroxylation sites is 1. The van der Waals surface area contributed by atoms with Gasteiger partial charge in [-0.3, -0.25) is 9.69 Å². The van der Waals surface area contributed by atoms with E-state index in [1.54, 1.807) is 6.26 Å². The SMILES string of the molecule is Cc1ccccc1CN1CCCN(C(=O)c2occc2COc2ccccc2)CC1. The van der Waals surface area contributed by atoms with Crippen LogP contribution in [0.25, 0.3) is 0 Å². The number of furan rings is 1. The van der Waals surface area contributed by atoms with Gasteiger partial charge in [-0.25, -0.2) is 0 Å². The van der Waals surface area contributed by atoms with E-state index < -0.39 is 0 Å². The van der Waals surface area contributed by atoms with Crippen molar-refractivity contribution < 1.29 is 13.9 Å². The van der Waals surface area contributed by atoms with E-state index in [-0.39, 0.29) is 5.91 Å². The second-order valence-corrected chi connectivity index (χ2v) is 7.73. The van der Waals surface area contributed by atoms with Crippen molar-refractivity contribution in [1.82, 2.24) is 9.80 Å². The smallest absolute Gasteiger partial charge is 0.290 e. The number of carbonyl (C=O) groups excluding carboxylic acids is 1. The van der Waals surface area contributed by atoms with Crippen molar-refractivity contribution in [3.05, 3.63) is 89.4 Å². The van der Waals surface area contributed by atoms with Gasteiger partial charge in [-0.05, 0) is 42.7 Å². The highest BCUT2D eigenvalue weighted by molar-refractivity contribution is 5.93. The molecule has 3 aromatic rings. The van der Waals surface area contributed by atoms with Gasteiger partial charge >= 0.3 is 0 Å². The van der Waals surface area contributed by atoms with Crippen LogP contribution >= 0.6 is 0 Å². The number of ether oxygens (including phenoxy) is 1. The highest BCUT2D eigenvalue weighted by Crippen LogP contribution is 2.19. The maximum atomic E-state index is 13.1. The van der Waals surface area contributed by atoms with Gasteiger partial charge in [-0.15, -0.1) is 0 Å². The third-order valence-corrected chi connectivity index (χ3v) is 5.61. The zero-order valence-corrected chi connectivity index (χ0v) is 17.4. The minimum absolute atomic E-state index is 0.0515. The summed E-state index contributed by atoms with van der Waals surface area (Å²) in [4.78, 5) is 17.5. The molecule has 1 saturated heterocycles. The first-order valence-corrected chi connectivity index (χ1v) is 10.5. The molecule has 1 aliphatic heterocycles. The van der Waals surface area contributed by atoms with Crippen molar-refractivity contribution in [2.75, 3.05) is 26.2 Å². The van der Waals surface area contributed by atoms with Crippen LogP contribution in [0.2, 0.25) is 0 Å². The van der Waals surface area contributed by atoms with Gasteiger partial charge in [0.1, 0.15) is 12.4 Å². The lowest BCUT2D eigenvalue weighted by atomic mass is 10.1. The number of rotatable bonds is 6. The first-order valence-electron chi connectivity index (χ1n) is 10.5. The van der Waals surface area contributed by atoms with Crippen LogP contribution in [0.4, 0.5) is 0 Å². The summed E-state index contributed by atoms with van der Waals surface area (Å²) >= 11 is 0. The van der Waals surface area contributed by atoms with Gasteiger partial charge in [0.25, 0.3) is 5.91 Å². The second kappa shape index (κ2) is 9.63. The molecule has 4 rings (SSSR count). The van der Waals surface area contributed by atoms with E-state index in [2.05, 4.69) is 36.1 Å². The summed E-state index contributed by atoms with van der Waals surface area (Å²) in [5.74, 6) is 1.11. The van der Waals surface area contributed by atoms with Crippen LogP contribution in [0.1, 0.15) is 33.7 Å². The Bertz CT molecular complexity index is 967. The summed E-state index contributed by atoms with van der Waals surface area (Å²) < 4.78 is 11.4. The van der Waals surface area contributed by atoms with E-state index in [4.69, 9.17) is 9.15 Å². The Morgan fingerprint density at radius 1 is 0.933 bits per heavy atom. The van der Waals surface area contributed by atoms with Crippen LogP contribution < -0.4 is 4.74 Å². The van der Waals surface area contributed by atoms with Gasteiger partial charge in [0, 0.05) is 38.3 Å². The normalized spacial score (nSPS) is 15.0. The molecule has 0 radical (unpaired) electrons. The molecule has 1 fully saturated rings. The average molecular weight is 405 g/mol. The molecule has 0 atom stereocenters. The molecule has 5 heteroatoms. The first kappa shape index (κ1) is 20.2. The van der Waals surface area contributed by atoms with Crippen LogP contribution in [-0.2, 0) is 13.2 Å². The van der Waals surface area contributed by atoms with Crippen molar-refractivity contribution in [2.45, 2.75) is 26.5 Å². The van der Waals surface area contributed by atoms with Crippen LogP contribution in [-0.4, -0.2) is 41.9 Å². The topological polar surface area (TPSA) is 45.9 Å². The molecule has 1 aromatic heterocycles. The van der Waals surface area contributed by atoms with Crippen LogP contribution in [0.5, 0.6) is 5.75 Å². The number of hydrogen-bond acceptors (Lipinski definition) is 4. The van der Waals surface area contributed by atoms with E-state index in [0.717, 1.165) is 43.9 Å². The Morgan fingerprint density at radius 2 is 1.73 bits per heavy atom. The molecular weight excluding hydrogens is 376 g/mol. The highest BCUT2D eigenvalue weighted by atomic mass is 16.5. The molecule has 1 aliphatic rings. The summed E-state index contributed by atoms with van der Waals surface area (Å²) in [6.45, 7) is 6.67. The largest absolute Gasteiger partial charge is 0.489 e. The summed E-state index contributed by atoms with van der Waals surface area (Å²) in [7, 11) is 0. The van der Waals surface area contributed by atoms with Crippen molar-refractivity contribution in [3.63, 3.8) is 0 Å². The zero-order chi connectivity index (χ0) is 20.8. The molecule has 0 bridgehead atoms. The predicted molar refractivity (Wildman–Crippen MR) is 116 cm³/mol. The number of hydrogen-bond donors (Lipinski definition) is 0. The van der Waals surface area contributed by atoms with Crippen LogP contribution in [0.15, 0.2) is 71.3 Å². The lowest BCUT2D eigenvalue weighted by molar-refractivity contribution is 0.0725. The van der Waals surface area contributed by atoms with E-state index >= 15 is 0 Å². The molecular formula is C25H28N2O3. The minimum atomic E-state index is -0.0515. The number of aryl methyl sites for hydroxylation is 1. The van der Waals surface area contributed by atoms with Gasteiger partial charge < -0.3 is 14.1 Å². The Morgan fingerprint density at radius 3 is 2.57 bits per heavy atom. The molecule has 2 aromatic carbocycles. The predicted octanol–water partition coefficient (Wildman–Crippen LogP) is 4.52. The highest BCUT2D eigenvalue weighted by Gasteiger charge is 2.25. The minimum Gasteiger partial charge on any atom is -0.489 e. The van der Waals surface area contributed by atoms with E-state index in [1.807, 2.05) is 41.3 Å². The van der Waals surface area contributed by atoms with Crippen molar-refractivity contribution in [2.24, 2.45) is 0 Å². The number of nitrogens with zero attached hydrogens (tertiary/aromatic N) is 2. The molecule has 0 aliphatic carbocycles. The van der Waals surface area contributed by atoms with Crippen molar-refractivity contribution >= 4 is 5.91 Å². The second-order valence-electron chi connectivity index (χ2n) is 7.73. The van der Waals surface area contributed by atoms with E-state index in [9.17, 15) is 4.79 Å². The van der Waals surface area contributed by atoms with Crippen LogP contribution in [0, 0.1) is 6.92 Å². The third-order valence-electron chi connectivity index (χ3n) is 5.61. The van der Waals surface area contributed by atoms with Crippen molar-refractivity contribution in [3.8, 4) is 5.75 Å². The average Bonchev–Trinajstić information content (AvgIpc) is 3.12. The van der Waals surface area contributed by atoms with E-state index in [1.165, 1.54) is 11.1 Å².